The summed E-state index contributed by atoms with van der Waals surface area (Å²) in [5, 5.41) is 3.54. The molecule has 0 rings (SSSR count). The molecule has 0 heterocycles. The number of nitrogens with one attached hydrogen (secondary N) is 1. The highest BCUT2D eigenvalue weighted by molar-refractivity contribution is 5.85. The minimum Gasteiger partial charge on any atom is -0.444 e. The molecule has 0 saturated carbocycles. The molecule has 1 unspecified atom stereocenters. The van der Waals surface area contributed by atoms with Gasteiger partial charge in [0.25, 0.3) is 5.91 Å². The first-order chi connectivity index (χ1) is 9.35. The molecular weight excluding hydrogens is 276 g/mol. The van der Waals surface area contributed by atoms with Gasteiger partial charge in [-0.15, -0.1) is 0 Å². The van der Waals surface area contributed by atoms with E-state index >= 15 is 0 Å². The lowest BCUT2D eigenvalue weighted by atomic mass is 10.2. The highest BCUT2D eigenvalue weighted by atomic mass is 16.7. The van der Waals surface area contributed by atoms with Crippen molar-refractivity contribution in [1.82, 2.24) is 10.4 Å². The van der Waals surface area contributed by atoms with Crippen LogP contribution in [0.3, 0.4) is 0 Å². The van der Waals surface area contributed by atoms with Crippen LogP contribution in [0, 0.1) is 0 Å². The van der Waals surface area contributed by atoms with E-state index in [2.05, 4.69) is 5.32 Å². The van der Waals surface area contributed by atoms with Gasteiger partial charge in [0.15, 0.2) is 0 Å². The van der Waals surface area contributed by atoms with Crippen molar-refractivity contribution in [1.29, 1.82) is 0 Å². The van der Waals surface area contributed by atoms with Gasteiger partial charge in [-0.3, -0.25) is 9.63 Å². The van der Waals surface area contributed by atoms with Crippen LogP contribution in [0.4, 0.5) is 4.79 Å². The maximum atomic E-state index is 12.1. The molecular formula is C14H28N2O5. The van der Waals surface area contributed by atoms with Gasteiger partial charge in [0.2, 0.25) is 0 Å². The zero-order chi connectivity index (χ0) is 16.8. The molecule has 7 heteroatoms. The SMILES string of the molecule is CON(C)C(=O)C(COC(C)(C)C)NC(=O)OC(C)(C)C. The summed E-state index contributed by atoms with van der Waals surface area (Å²) >= 11 is 0. The van der Waals surface area contributed by atoms with E-state index in [1.54, 1.807) is 20.8 Å². The summed E-state index contributed by atoms with van der Waals surface area (Å²) in [4.78, 5) is 28.8. The molecule has 0 aliphatic carbocycles. The van der Waals surface area contributed by atoms with Crippen LogP contribution in [-0.4, -0.2) is 55.1 Å². The summed E-state index contributed by atoms with van der Waals surface area (Å²) in [6.07, 6.45) is -0.678. The van der Waals surface area contributed by atoms with Gasteiger partial charge in [-0.2, -0.15) is 0 Å². The van der Waals surface area contributed by atoms with Crippen molar-refractivity contribution in [3.8, 4) is 0 Å². The second-order valence-electron chi connectivity index (χ2n) is 6.64. The highest BCUT2D eigenvalue weighted by Gasteiger charge is 2.28. The maximum absolute atomic E-state index is 12.1. The summed E-state index contributed by atoms with van der Waals surface area (Å²) in [5.41, 5.74) is -1.07. The van der Waals surface area contributed by atoms with Gasteiger partial charge >= 0.3 is 6.09 Å². The highest BCUT2D eigenvalue weighted by Crippen LogP contribution is 2.10. The van der Waals surface area contributed by atoms with Crippen LogP contribution < -0.4 is 5.32 Å². The quantitative estimate of drug-likeness (QED) is 0.783. The number of nitrogens with zero attached hydrogens (tertiary/aromatic N) is 1. The molecule has 21 heavy (non-hydrogen) atoms. The summed E-state index contributed by atoms with van der Waals surface area (Å²) in [6, 6.07) is -0.885. The number of rotatable bonds is 5. The molecule has 0 radical (unpaired) electrons. The fraction of sp³-hybridized carbons (Fsp3) is 0.857. The number of hydroxylamine groups is 2. The van der Waals surface area contributed by atoms with Crippen LogP contribution in [0.5, 0.6) is 0 Å². The Morgan fingerprint density at radius 1 is 1.10 bits per heavy atom. The Hall–Kier alpha value is -1.34. The van der Waals surface area contributed by atoms with E-state index in [0.29, 0.717) is 0 Å². The van der Waals surface area contributed by atoms with E-state index in [-0.39, 0.29) is 6.61 Å². The Kier molecular flexibility index (Phi) is 7.12. The predicted octanol–water partition coefficient (Wildman–Crippen LogP) is 1.71. The summed E-state index contributed by atoms with van der Waals surface area (Å²) < 4.78 is 10.7. The molecule has 1 atom stereocenters. The van der Waals surface area contributed by atoms with Crippen molar-refractivity contribution in [3.05, 3.63) is 0 Å². The third-order valence-electron chi connectivity index (χ3n) is 2.26. The zero-order valence-corrected chi connectivity index (χ0v) is 14.3. The number of ether oxygens (including phenoxy) is 2. The molecule has 0 aromatic carbocycles. The third-order valence-corrected chi connectivity index (χ3v) is 2.26. The van der Waals surface area contributed by atoms with Gasteiger partial charge in [-0.1, -0.05) is 0 Å². The number of alkyl carbamates (subject to hydrolysis) is 1. The fourth-order valence-electron chi connectivity index (χ4n) is 1.27. The van der Waals surface area contributed by atoms with E-state index in [1.807, 2.05) is 20.8 Å². The molecule has 0 aromatic heterocycles. The van der Waals surface area contributed by atoms with E-state index in [9.17, 15) is 9.59 Å². The van der Waals surface area contributed by atoms with Gasteiger partial charge in [0.1, 0.15) is 11.6 Å². The third kappa shape index (κ3) is 9.25. The fourth-order valence-corrected chi connectivity index (χ4v) is 1.27. The number of likely N-dealkylation sites (N-methyl/N-ethyl adjacent to an activating group) is 1. The number of amides is 2. The molecule has 0 aliphatic rings. The van der Waals surface area contributed by atoms with Crippen molar-refractivity contribution >= 4 is 12.0 Å². The van der Waals surface area contributed by atoms with Crippen LogP contribution in [0.2, 0.25) is 0 Å². The van der Waals surface area contributed by atoms with E-state index < -0.39 is 29.2 Å². The molecule has 0 fully saturated rings. The standard InChI is InChI=1S/C14H28N2O5/c1-13(2,3)20-9-10(11(17)16(7)19-8)15-12(18)21-14(4,5)6/h10H,9H2,1-8H3,(H,15,18). The zero-order valence-electron chi connectivity index (χ0n) is 14.3. The Bertz CT molecular complexity index is 357. The number of hydrogen-bond donors (Lipinski definition) is 1. The summed E-state index contributed by atoms with van der Waals surface area (Å²) in [5.74, 6) is -0.424. The summed E-state index contributed by atoms with van der Waals surface area (Å²) in [7, 11) is 2.83. The second kappa shape index (κ2) is 7.61. The van der Waals surface area contributed by atoms with Crippen molar-refractivity contribution in [3.63, 3.8) is 0 Å². The van der Waals surface area contributed by atoms with Gasteiger partial charge in [0, 0.05) is 7.05 Å². The Labute approximate surface area is 126 Å². The first kappa shape index (κ1) is 19.7. The molecule has 1 N–H and O–H groups in total. The lowest BCUT2D eigenvalue weighted by Crippen LogP contribution is -2.51. The Morgan fingerprint density at radius 2 is 1.62 bits per heavy atom. The number of carbonyl (C=O) groups excluding carboxylic acids is 2. The van der Waals surface area contributed by atoms with Crippen LogP contribution in [0.15, 0.2) is 0 Å². The molecule has 0 aromatic rings. The van der Waals surface area contributed by atoms with E-state index in [1.165, 1.54) is 14.2 Å². The topological polar surface area (TPSA) is 77.1 Å². The van der Waals surface area contributed by atoms with Gasteiger partial charge < -0.3 is 14.8 Å². The minimum absolute atomic E-state index is 0.0231. The normalized spacial score (nSPS) is 13.5. The molecule has 0 saturated heterocycles. The first-order valence-electron chi connectivity index (χ1n) is 6.81. The van der Waals surface area contributed by atoms with E-state index in [0.717, 1.165) is 5.06 Å². The molecule has 0 bridgehead atoms. The number of hydrogen-bond acceptors (Lipinski definition) is 5. The van der Waals surface area contributed by atoms with Crippen LogP contribution in [0.25, 0.3) is 0 Å². The number of carbonyl (C=O) groups is 2. The maximum Gasteiger partial charge on any atom is 0.408 e. The lowest BCUT2D eigenvalue weighted by molar-refractivity contribution is -0.173. The average molecular weight is 304 g/mol. The average Bonchev–Trinajstić information content (AvgIpc) is 2.29. The van der Waals surface area contributed by atoms with E-state index in [4.69, 9.17) is 14.3 Å². The Balaban J connectivity index is 4.80. The molecule has 124 valence electrons. The minimum atomic E-state index is -0.885. The van der Waals surface area contributed by atoms with Crippen molar-refractivity contribution in [2.45, 2.75) is 58.8 Å². The largest absolute Gasteiger partial charge is 0.444 e. The summed E-state index contributed by atoms with van der Waals surface area (Å²) in [6.45, 7) is 10.9. The molecule has 2 amide bonds. The predicted molar refractivity (Wildman–Crippen MR) is 78.6 cm³/mol. The smallest absolute Gasteiger partial charge is 0.408 e. The van der Waals surface area contributed by atoms with Gasteiger partial charge in [-0.05, 0) is 41.5 Å². The van der Waals surface area contributed by atoms with Gasteiger partial charge in [0.05, 0.1) is 19.3 Å². The van der Waals surface area contributed by atoms with Gasteiger partial charge in [-0.25, -0.2) is 9.86 Å². The van der Waals surface area contributed by atoms with Crippen LogP contribution >= 0.6 is 0 Å². The van der Waals surface area contributed by atoms with Crippen molar-refractivity contribution < 1.29 is 23.9 Å². The monoisotopic (exact) mass is 304 g/mol. The van der Waals surface area contributed by atoms with Crippen molar-refractivity contribution in [2.24, 2.45) is 0 Å². The second-order valence-corrected chi connectivity index (χ2v) is 6.64. The van der Waals surface area contributed by atoms with Crippen molar-refractivity contribution in [2.75, 3.05) is 20.8 Å². The van der Waals surface area contributed by atoms with Crippen LogP contribution in [0.1, 0.15) is 41.5 Å². The van der Waals surface area contributed by atoms with Crippen LogP contribution in [-0.2, 0) is 19.1 Å². The molecule has 0 aliphatic heterocycles. The molecule has 0 spiro atoms. The Morgan fingerprint density at radius 3 is 2.00 bits per heavy atom. The first-order valence-corrected chi connectivity index (χ1v) is 6.81. The lowest BCUT2D eigenvalue weighted by Gasteiger charge is -2.28. The molecule has 7 nitrogen and oxygen atoms in total.